The van der Waals surface area contributed by atoms with Crippen molar-refractivity contribution in [2.45, 2.75) is 52.1 Å². The lowest BCUT2D eigenvalue weighted by molar-refractivity contribution is -0.128. The number of rotatable bonds is 8. The third-order valence-electron chi connectivity index (χ3n) is 5.40. The molecule has 0 saturated heterocycles. The number of carbonyl (C=O) groups excluding carboxylic acids is 3. The molecule has 3 N–H and O–H groups in total. The third kappa shape index (κ3) is 6.07. The van der Waals surface area contributed by atoms with Crippen molar-refractivity contribution >= 4 is 23.4 Å². The van der Waals surface area contributed by atoms with Crippen LogP contribution in [0.3, 0.4) is 0 Å². The van der Waals surface area contributed by atoms with E-state index in [1.807, 2.05) is 24.3 Å². The predicted molar refractivity (Wildman–Crippen MR) is 119 cm³/mol. The first kappa shape index (κ1) is 22.3. The van der Waals surface area contributed by atoms with Crippen molar-refractivity contribution in [1.29, 1.82) is 0 Å². The lowest BCUT2D eigenvalue weighted by Crippen LogP contribution is -2.47. The Kier molecular flexibility index (Phi) is 7.28. The highest BCUT2D eigenvalue weighted by atomic mass is 16.5. The Balaban J connectivity index is 1.50. The molecule has 2 atom stereocenters. The van der Waals surface area contributed by atoms with Gasteiger partial charge in [-0.3, -0.25) is 25.2 Å². The van der Waals surface area contributed by atoms with Crippen molar-refractivity contribution in [2.75, 3.05) is 5.32 Å². The van der Waals surface area contributed by atoms with E-state index in [2.05, 4.69) is 30.0 Å². The molecule has 164 valence electrons. The third-order valence-corrected chi connectivity index (χ3v) is 5.40. The lowest BCUT2D eigenvalue weighted by atomic mass is 9.98. The fourth-order valence-electron chi connectivity index (χ4n) is 3.05. The standard InChI is InChI=1S/C24H29N3O4/c1-4-15(2)20-7-5-6-8-21(20)31-16(3)22(28)26-27-24(30)18-11-13-19(14-12-18)25-23(29)17-9-10-17/h5-8,11-17H,4,9-10H2,1-3H3,(H,25,29)(H,26,28)(H,27,30). The number of anilines is 1. The maximum atomic E-state index is 12.4. The molecule has 2 unspecified atom stereocenters. The van der Waals surface area contributed by atoms with Crippen LogP contribution in [0.25, 0.3) is 0 Å². The number of para-hydroxylation sites is 1. The number of carbonyl (C=O) groups is 3. The van der Waals surface area contributed by atoms with Crippen molar-refractivity contribution in [2.24, 2.45) is 5.92 Å². The van der Waals surface area contributed by atoms with Crippen LogP contribution in [0.1, 0.15) is 61.9 Å². The Morgan fingerprint density at radius 3 is 2.32 bits per heavy atom. The van der Waals surface area contributed by atoms with E-state index in [0.29, 0.717) is 22.9 Å². The van der Waals surface area contributed by atoms with Gasteiger partial charge in [-0.2, -0.15) is 0 Å². The average molecular weight is 424 g/mol. The SMILES string of the molecule is CCC(C)c1ccccc1OC(C)C(=O)NNC(=O)c1ccc(NC(=O)C2CC2)cc1. The van der Waals surface area contributed by atoms with Crippen LogP contribution in [0.4, 0.5) is 5.69 Å². The summed E-state index contributed by atoms with van der Waals surface area (Å²) in [5.74, 6) is 0.173. The first-order chi connectivity index (χ1) is 14.9. The van der Waals surface area contributed by atoms with Gasteiger partial charge in [0, 0.05) is 17.2 Å². The molecule has 2 aromatic rings. The van der Waals surface area contributed by atoms with Crippen LogP contribution >= 0.6 is 0 Å². The molecule has 0 bridgehead atoms. The molecular weight excluding hydrogens is 394 g/mol. The summed E-state index contributed by atoms with van der Waals surface area (Å²) in [7, 11) is 0. The topological polar surface area (TPSA) is 96.5 Å². The van der Waals surface area contributed by atoms with E-state index < -0.39 is 17.9 Å². The molecule has 0 heterocycles. The highest BCUT2D eigenvalue weighted by molar-refractivity contribution is 5.97. The molecule has 0 aliphatic heterocycles. The number of benzene rings is 2. The monoisotopic (exact) mass is 423 g/mol. The Labute approximate surface area is 182 Å². The second-order valence-electron chi connectivity index (χ2n) is 7.89. The van der Waals surface area contributed by atoms with Crippen LogP contribution in [0.2, 0.25) is 0 Å². The zero-order valence-corrected chi connectivity index (χ0v) is 18.1. The summed E-state index contributed by atoms with van der Waals surface area (Å²) in [4.78, 5) is 36.5. The van der Waals surface area contributed by atoms with Gasteiger partial charge in [0.15, 0.2) is 6.10 Å². The van der Waals surface area contributed by atoms with Crippen molar-refractivity contribution in [1.82, 2.24) is 10.9 Å². The number of hydrazine groups is 1. The smallest absolute Gasteiger partial charge is 0.279 e. The highest BCUT2D eigenvalue weighted by Crippen LogP contribution is 2.30. The quantitative estimate of drug-likeness (QED) is 0.563. The lowest BCUT2D eigenvalue weighted by Gasteiger charge is -2.19. The van der Waals surface area contributed by atoms with E-state index in [9.17, 15) is 14.4 Å². The van der Waals surface area contributed by atoms with Crippen molar-refractivity contribution in [3.05, 3.63) is 59.7 Å². The summed E-state index contributed by atoms with van der Waals surface area (Å²) in [6.07, 6.45) is 2.03. The molecule has 7 heteroatoms. The molecule has 3 rings (SSSR count). The average Bonchev–Trinajstić information content (AvgIpc) is 3.63. The molecule has 0 aromatic heterocycles. The maximum absolute atomic E-state index is 12.4. The molecule has 0 spiro atoms. The second-order valence-corrected chi connectivity index (χ2v) is 7.89. The van der Waals surface area contributed by atoms with Crippen LogP contribution in [0.15, 0.2) is 48.5 Å². The second kappa shape index (κ2) is 10.1. The van der Waals surface area contributed by atoms with Crippen LogP contribution in [-0.2, 0) is 9.59 Å². The van der Waals surface area contributed by atoms with Gasteiger partial charge in [0.05, 0.1) is 0 Å². The Hall–Kier alpha value is -3.35. The van der Waals surface area contributed by atoms with Gasteiger partial charge in [-0.25, -0.2) is 0 Å². The minimum Gasteiger partial charge on any atom is -0.481 e. The van der Waals surface area contributed by atoms with Crippen LogP contribution in [0, 0.1) is 5.92 Å². The predicted octanol–water partition coefficient (Wildman–Crippen LogP) is 3.78. The van der Waals surface area contributed by atoms with Crippen LogP contribution in [-0.4, -0.2) is 23.8 Å². The normalized spacial score (nSPS) is 14.8. The minimum absolute atomic E-state index is 0.00774. The van der Waals surface area contributed by atoms with Gasteiger partial charge in [-0.1, -0.05) is 32.0 Å². The molecule has 1 aliphatic rings. The first-order valence-corrected chi connectivity index (χ1v) is 10.7. The van der Waals surface area contributed by atoms with E-state index in [-0.39, 0.29) is 11.8 Å². The van der Waals surface area contributed by atoms with Gasteiger partial charge in [0.25, 0.3) is 11.8 Å². The molecule has 7 nitrogen and oxygen atoms in total. The van der Waals surface area contributed by atoms with Gasteiger partial charge in [0.1, 0.15) is 5.75 Å². The van der Waals surface area contributed by atoms with Gasteiger partial charge in [0.2, 0.25) is 5.91 Å². The van der Waals surface area contributed by atoms with Gasteiger partial charge < -0.3 is 10.1 Å². The zero-order valence-electron chi connectivity index (χ0n) is 18.1. The summed E-state index contributed by atoms with van der Waals surface area (Å²) in [5, 5.41) is 2.82. The fraction of sp³-hybridized carbons (Fsp3) is 0.375. The number of nitrogens with one attached hydrogen (secondary N) is 3. The Morgan fingerprint density at radius 2 is 1.68 bits per heavy atom. The summed E-state index contributed by atoms with van der Waals surface area (Å²) in [6.45, 7) is 5.84. The fourth-order valence-corrected chi connectivity index (χ4v) is 3.05. The summed E-state index contributed by atoms with van der Waals surface area (Å²) < 4.78 is 5.84. The summed E-state index contributed by atoms with van der Waals surface area (Å²) in [5.41, 5.74) is 6.84. The largest absolute Gasteiger partial charge is 0.481 e. The van der Waals surface area contributed by atoms with Crippen molar-refractivity contribution in [3.63, 3.8) is 0 Å². The molecule has 2 aromatic carbocycles. The number of hydrogen-bond donors (Lipinski definition) is 3. The van der Waals surface area contributed by atoms with E-state index >= 15 is 0 Å². The Morgan fingerprint density at radius 1 is 1.00 bits per heavy atom. The van der Waals surface area contributed by atoms with E-state index in [0.717, 1.165) is 24.8 Å². The summed E-state index contributed by atoms with van der Waals surface area (Å²) >= 11 is 0. The van der Waals surface area contributed by atoms with E-state index in [1.54, 1.807) is 31.2 Å². The van der Waals surface area contributed by atoms with Gasteiger partial charge >= 0.3 is 0 Å². The minimum atomic E-state index is -0.787. The molecular formula is C24H29N3O4. The highest BCUT2D eigenvalue weighted by Gasteiger charge is 2.29. The number of ether oxygens (including phenoxy) is 1. The number of hydrogen-bond acceptors (Lipinski definition) is 4. The zero-order chi connectivity index (χ0) is 22.4. The van der Waals surface area contributed by atoms with Crippen LogP contribution < -0.4 is 20.9 Å². The molecule has 1 fully saturated rings. The van der Waals surface area contributed by atoms with Gasteiger partial charge in [-0.05, 0) is 68.0 Å². The number of amides is 3. The van der Waals surface area contributed by atoms with Gasteiger partial charge in [-0.15, -0.1) is 0 Å². The molecule has 3 amide bonds. The van der Waals surface area contributed by atoms with Crippen molar-refractivity contribution < 1.29 is 19.1 Å². The van der Waals surface area contributed by atoms with E-state index in [1.165, 1.54) is 0 Å². The molecule has 31 heavy (non-hydrogen) atoms. The van der Waals surface area contributed by atoms with Crippen LogP contribution in [0.5, 0.6) is 5.75 Å². The first-order valence-electron chi connectivity index (χ1n) is 10.7. The maximum Gasteiger partial charge on any atom is 0.279 e. The molecule has 0 radical (unpaired) electrons. The summed E-state index contributed by atoms with van der Waals surface area (Å²) in [6, 6.07) is 14.1. The molecule has 1 aliphatic carbocycles. The Bertz CT molecular complexity index is 938. The molecule has 1 saturated carbocycles. The van der Waals surface area contributed by atoms with E-state index in [4.69, 9.17) is 4.74 Å². The van der Waals surface area contributed by atoms with Crippen molar-refractivity contribution in [3.8, 4) is 5.75 Å².